The van der Waals surface area contributed by atoms with Crippen molar-refractivity contribution in [2.45, 2.75) is 118 Å². The largest absolute Gasteiger partial charge is 0.507 e. The minimum atomic E-state index is -1.92. The molecule has 376 valence electrons. The van der Waals surface area contributed by atoms with Gasteiger partial charge in [0.1, 0.15) is 35.1 Å². The molecule has 5 N–H and O–H groups in total. The van der Waals surface area contributed by atoms with Crippen LogP contribution in [0.3, 0.4) is 0 Å². The summed E-state index contributed by atoms with van der Waals surface area (Å²) in [5.41, 5.74) is -0.429. The van der Waals surface area contributed by atoms with E-state index in [0.29, 0.717) is 76.6 Å². The summed E-state index contributed by atoms with van der Waals surface area (Å²) in [4.78, 5) is 72.0. The third kappa shape index (κ3) is 10.7. The molecule has 0 aromatic heterocycles. The summed E-state index contributed by atoms with van der Waals surface area (Å²) in [5.74, 6) is -5.64. The molecule has 0 radical (unpaired) electrons. The van der Waals surface area contributed by atoms with Crippen LogP contribution in [-0.4, -0.2) is 141 Å². The number of fused-ring (bicyclic) bond motifs is 13. The van der Waals surface area contributed by atoms with Crippen molar-refractivity contribution >= 4 is 40.0 Å². The SMILES string of the molecule is C/C1=C/C=C/C(C)C[C@@H](C)C(O)[C@@H](C)C(OC(=O)CC(=O)N2CCN(CCO)CC2)[C@H](C)C/C=C/OC2(C)Oc3c(C)c(O)c4c(O)c(c5c(c4c3C2=O)=NC2(CCN(CC(C)C)CC2)N=5)NC1=O. The molecule has 5 bridgehead atoms. The number of aliphatic hydroxyl groups is 2. The topological polar surface area (TPSA) is 223 Å². The maximum atomic E-state index is 14.8. The third-order valence-corrected chi connectivity index (χ3v) is 14.6. The van der Waals surface area contributed by atoms with Gasteiger partial charge < -0.3 is 49.8 Å². The second kappa shape index (κ2) is 20.9. The number of allylic oxidation sites excluding steroid dienone is 4. The standard InChI is InChI=1S/C52H72N6O11/c1-29(2)28-57-17-15-52(16-18-57)54-41-38-39-45(63)35(8)48-40(38)49(65)51(9,69-48)67-25-11-14-31(4)47(68-37(61)27-36(60)58-21-19-56(20-22-58)23-24-59)34(7)44(62)33(6)26-30(3)12-10-13-32(5)50(66)53-43(46(39)64)42(41)55-52/h10-13,25,29-31,33-34,44,47,59,62-64H,14-24,26-28H2,1-9H3,(H,53,66)/b12-10+,25-11+,32-13-/t30?,31-,33-,34-,44?,47?,51?/m1/s1. The fourth-order valence-electron chi connectivity index (χ4n) is 10.6. The first-order chi connectivity index (χ1) is 32.7. The number of rotatable bonds is 7. The number of phenolic OH excluding ortho intramolecular Hbond substituents is 2. The molecule has 2 aromatic rings. The highest BCUT2D eigenvalue weighted by Crippen LogP contribution is 2.50. The fourth-order valence-corrected chi connectivity index (χ4v) is 10.6. The summed E-state index contributed by atoms with van der Waals surface area (Å²) in [5, 5.41) is 48.6. The van der Waals surface area contributed by atoms with Crippen molar-refractivity contribution in [2.75, 3.05) is 64.3 Å². The molecule has 2 amide bonds. The molecule has 0 aliphatic carbocycles. The Balaban J connectivity index is 1.25. The van der Waals surface area contributed by atoms with E-state index in [1.165, 1.54) is 13.2 Å². The first kappa shape index (κ1) is 51.5. The summed E-state index contributed by atoms with van der Waals surface area (Å²) in [7, 11) is 0. The minimum absolute atomic E-state index is 0.0229. The molecular weight excluding hydrogens is 885 g/mol. The number of β-amino-alcohol motifs (C(OH)–C–C–N with tert-alkyl or cyclic N) is 1. The van der Waals surface area contributed by atoms with Crippen molar-refractivity contribution in [3.8, 4) is 17.2 Å². The Morgan fingerprint density at radius 3 is 2.29 bits per heavy atom. The van der Waals surface area contributed by atoms with Crippen LogP contribution in [0.5, 0.6) is 17.2 Å². The van der Waals surface area contributed by atoms with Crippen molar-refractivity contribution in [1.29, 1.82) is 0 Å². The number of piperidine rings is 1. The number of nitrogens with zero attached hydrogens (tertiary/aromatic N) is 5. The molecule has 6 aliphatic rings. The van der Waals surface area contributed by atoms with Gasteiger partial charge in [-0.3, -0.25) is 34.1 Å². The van der Waals surface area contributed by atoms with Gasteiger partial charge in [0.15, 0.2) is 11.4 Å². The zero-order valence-corrected chi connectivity index (χ0v) is 41.7. The first-order valence-corrected chi connectivity index (χ1v) is 24.6. The number of ether oxygens (including phenoxy) is 3. The van der Waals surface area contributed by atoms with Crippen LogP contribution in [0.4, 0.5) is 5.69 Å². The summed E-state index contributed by atoms with van der Waals surface area (Å²) in [6.45, 7) is 21.6. The van der Waals surface area contributed by atoms with Crippen LogP contribution >= 0.6 is 0 Å². The van der Waals surface area contributed by atoms with Gasteiger partial charge in [0.2, 0.25) is 5.91 Å². The number of carbonyl (C=O) groups is 4. The number of aliphatic hydroxyl groups excluding tert-OH is 2. The Morgan fingerprint density at radius 2 is 1.62 bits per heavy atom. The zero-order valence-electron chi connectivity index (χ0n) is 41.7. The average molecular weight is 957 g/mol. The molecule has 69 heavy (non-hydrogen) atoms. The molecule has 2 fully saturated rings. The lowest BCUT2D eigenvalue weighted by Crippen LogP contribution is -2.50. The summed E-state index contributed by atoms with van der Waals surface area (Å²) in [6, 6.07) is 0. The normalized spacial score (nSPS) is 29.7. The van der Waals surface area contributed by atoms with Crippen LogP contribution in [0, 0.1) is 36.5 Å². The van der Waals surface area contributed by atoms with E-state index < -0.39 is 65.3 Å². The summed E-state index contributed by atoms with van der Waals surface area (Å²) >= 11 is 0. The van der Waals surface area contributed by atoms with Crippen molar-refractivity contribution in [3.05, 3.63) is 58.0 Å². The number of piperazine rings is 1. The van der Waals surface area contributed by atoms with E-state index in [2.05, 4.69) is 29.0 Å². The molecule has 2 saturated heterocycles. The maximum absolute atomic E-state index is 14.8. The van der Waals surface area contributed by atoms with E-state index >= 15 is 0 Å². The number of aromatic hydroxyl groups is 2. The predicted octanol–water partition coefficient (Wildman–Crippen LogP) is 4.66. The predicted molar refractivity (Wildman–Crippen MR) is 259 cm³/mol. The molecule has 17 nitrogen and oxygen atoms in total. The molecule has 6 aliphatic heterocycles. The minimum Gasteiger partial charge on any atom is -0.507 e. The highest BCUT2D eigenvalue weighted by Gasteiger charge is 2.50. The van der Waals surface area contributed by atoms with Crippen LogP contribution in [0.1, 0.15) is 103 Å². The number of Topliss-reactive ketones (excluding diaryl/α,β-unsaturated/α-hetero) is 1. The molecule has 0 saturated carbocycles. The van der Waals surface area contributed by atoms with Gasteiger partial charge in [-0.2, -0.15) is 0 Å². The van der Waals surface area contributed by atoms with Gasteiger partial charge in [0.25, 0.3) is 11.7 Å². The first-order valence-electron chi connectivity index (χ1n) is 24.6. The second-order valence-corrected chi connectivity index (χ2v) is 20.6. The molecule has 8 rings (SSSR count). The van der Waals surface area contributed by atoms with Crippen molar-refractivity contribution in [1.82, 2.24) is 14.7 Å². The Morgan fingerprint density at radius 1 is 0.942 bits per heavy atom. The van der Waals surface area contributed by atoms with E-state index in [0.717, 1.165) is 6.54 Å². The lowest BCUT2D eigenvalue weighted by Gasteiger charge is -2.36. The van der Waals surface area contributed by atoms with Gasteiger partial charge in [-0.15, -0.1) is 0 Å². The molecule has 1 spiro atoms. The van der Waals surface area contributed by atoms with E-state index in [-0.39, 0.29) is 80.6 Å². The second-order valence-electron chi connectivity index (χ2n) is 20.6. The maximum Gasteiger partial charge on any atom is 0.315 e. The highest BCUT2D eigenvalue weighted by molar-refractivity contribution is 6.19. The van der Waals surface area contributed by atoms with E-state index in [9.17, 15) is 39.6 Å². The number of amides is 2. The quantitative estimate of drug-likeness (QED) is 0.145. The third-order valence-electron chi connectivity index (χ3n) is 14.6. The number of likely N-dealkylation sites (tertiary alicyclic amines) is 1. The summed E-state index contributed by atoms with van der Waals surface area (Å²) < 4.78 is 18.6. The van der Waals surface area contributed by atoms with Gasteiger partial charge in [0, 0.05) is 94.6 Å². The smallest absolute Gasteiger partial charge is 0.315 e. The van der Waals surface area contributed by atoms with Crippen LogP contribution in [-0.2, 0) is 23.9 Å². The number of hydrogen-bond acceptors (Lipinski definition) is 15. The van der Waals surface area contributed by atoms with Gasteiger partial charge in [-0.25, -0.2) is 0 Å². The number of ketones is 1. The molecule has 6 heterocycles. The Labute approximate surface area is 404 Å². The van der Waals surface area contributed by atoms with Crippen LogP contribution in [0.15, 0.2) is 46.1 Å². The fraction of sp³-hybridized carbons (Fsp3) is 0.615. The van der Waals surface area contributed by atoms with Crippen LogP contribution in [0.25, 0.3) is 10.8 Å². The van der Waals surface area contributed by atoms with Crippen molar-refractivity contribution < 1.29 is 53.8 Å². The van der Waals surface area contributed by atoms with Crippen molar-refractivity contribution in [2.24, 2.45) is 39.6 Å². The Kier molecular flexibility index (Phi) is 15.6. The van der Waals surface area contributed by atoms with E-state index in [1.54, 1.807) is 37.0 Å². The van der Waals surface area contributed by atoms with E-state index in [4.69, 9.17) is 24.2 Å². The number of nitrogens with one attached hydrogen (secondary N) is 1. The molecule has 7 atom stereocenters. The number of hydrogen-bond donors (Lipinski definition) is 5. The molecular formula is C52H72N6O11. The number of benzene rings is 2. The Hall–Kier alpha value is -5.36. The lowest BCUT2D eigenvalue weighted by atomic mass is 9.80. The summed E-state index contributed by atoms with van der Waals surface area (Å²) in [6.07, 6.45) is 8.15. The number of esters is 1. The lowest BCUT2D eigenvalue weighted by molar-refractivity contribution is -0.161. The zero-order chi connectivity index (χ0) is 50.1. The van der Waals surface area contributed by atoms with E-state index in [1.807, 2.05) is 33.8 Å². The highest BCUT2D eigenvalue weighted by atomic mass is 16.7. The molecule has 4 unspecified atom stereocenters. The monoisotopic (exact) mass is 957 g/mol. The van der Waals surface area contributed by atoms with Gasteiger partial charge in [-0.05, 0) is 56.4 Å². The number of phenols is 2. The average Bonchev–Trinajstić information content (AvgIpc) is 3.80. The molecule has 2 aromatic carbocycles. The van der Waals surface area contributed by atoms with Gasteiger partial charge in [-0.1, -0.05) is 59.8 Å². The molecule has 17 heteroatoms. The van der Waals surface area contributed by atoms with Crippen LogP contribution in [0.2, 0.25) is 0 Å². The number of anilines is 1. The Bertz CT molecular complexity index is 2540. The number of carbonyl (C=O) groups excluding carboxylic acids is 4. The van der Waals surface area contributed by atoms with Gasteiger partial charge >= 0.3 is 11.8 Å². The van der Waals surface area contributed by atoms with Crippen molar-refractivity contribution in [3.63, 3.8) is 0 Å². The van der Waals surface area contributed by atoms with Crippen LogP contribution < -0.4 is 20.8 Å². The van der Waals surface area contributed by atoms with Gasteiger partial charge in [0.05, 0.1) is 35.3 Å².